The quantitative estimate of drug-likeness (QED) is 0.840. The zero-order valence-corrected chi connectivity index (χ0v) is 13.6. The molecule has 1 amide bonds. The molecule has 2 unspecified atom stereocenters. The van der Waals surface area contributed by atoms with Crippen molar-refractivity contribution >= 4 is 5.91 Å². The molecule has 1 N–H and O–H groups in total. The molecule has 0 spiro atoms. The molecular formula is C17H30N2O3. The van der Waals surface area contributed by atoms with Gasteiger partial charge in [0.25, 0.3) is 0 Å². The van der Waals surface area contributed by atoms with Crippen LogP contribution in [0.4, 0.5) is 0 Å². The van der Waals surface area contributed by atoms with Crippen molar-refractivity contribution in [3.8, 4) is 0 Å². The first-order chi connectivity index (χ1) is 10.8. The third-order valence-electron chi connectivity index (χ3n) is 5.17. The Hall–Kier alpha value is -0.650. The van der Waals surface area contributed by atoms with Crippen LogP contribution in [0.3, 0.4) is 0 Å². The molecule has 3 saturated heterocycles. The van der Waals surface area contributed by atoms with Gasteiger partial charge in [-0.25, -0.2) is 0 Å². The highest BCUT2D eigenvalue weighted by Gasteiger charge is 2.26. The van der Waals surface area contributed by atoms with Crippen molar-refractivity contribution in [1.82, 2.24) is 10.2 Å². The van der Waals surface area contributed by atoms with Crippen LogP contribution in [0, 0.1) is 0 Å². The molecule has 3 aliphatic rings. The van der Waals surface area contributed by atoms with Crippen LogP contribution in [-0.4, -0.2) is 61.9 Å². The maximum absolute atomic E-state index is 12.3. The maximum Gasteiger partial charge on any atom is 0.224 e. The largest absolute Gasteiger partial charge is 0.376 e. The molecule has 3 rings (SSSR count). The number of nitrogens with zero attached hydrogens (tertiary/aromatic N) is 1. The van der Waals surface area contributed by atoms with Gasteiger partial charge in [-0.15, -0.1) is 0 Å². The second-order valence-corrected chi connectivity index (χ2v) is 6.90. The van der Waals surface area contributed by atoms with Crippen LogP contribution in [-0.2, 0) is 14.3 Å². The number of hydrogen-bond donors (Lipinski definition) is 1. The molecule has 126 valence electrons. The highest BCUT2D eigenvalue weighted by molar-refractivity contribution is 5.77. The van der Waals surface area contributed by atoms with Crippen molar-refractivity contribution in [3.05, 3.63) is 0 Å². The first-order valence-electron chi connectivity index (χ1n) is 9.05. The lowest BCUT2D eigenvalue weighted by Crippen LogP contribution is -2.43. The summed E-state index contributed by atoms with van der Waals surface area (Å²) in [6, 6.07) is 0.407. The second kappa shape index (κ2) is 8.27. The average Bonchev–Trinajstić information content (AvgIpc) is 3.07. The zero-order chi connectivity index (χ0) is 15.2. The Morgan fingerprint density at radius 2 is 2.00 bits per heavy atom. The van der Waals surface area contributed by atoms with Crippen molar-refractivity contribution < 1.29 is 14.3 Å². The van der Waals surface area contributed by atoms with E-state index in [-0.39, 0.29) is 0 Å². The molecule has 0 saturated carbocycles. The van der Waals surface area contributed by atoms with Crippen LogP contribution in [0.2, 0.25) is 0 Å². The van der Waals surface area contributed by atoms with E-state index in [1.165, 1.54) is 19.3 Å². The molecule has 0 aliphatic carbocycles. The lowest BCUT2D eigenvalue weighted by molar-refractivity contribution is -0.135. The van der Waals surface area contributed by atoms with Gasteiger partial charge in [-0.05, 0) is 51.5 Å². The summed E-state index contributed by atoms with van der Waals surface area (Å²) in [5.74, 6) is 0.313. The minimum absolute atomic E-state index is 0.293. The topological polar surface area (TPSA) is 50.8 Å². The van der Waals surface area contributed by atoms with E-state index in [9.17, 15) is 4.79 Å². The number of carbonyl (C=O) groups is 1. The fraction of sp³-hybridized carbons (Fsp3) is 0.941. The third kappa shape index (κ3) is 4.67. The van der Waals surface area contributed by atoms with Crippen LogP contribution in [0.25, 0.3) is 0 Å². The first kappa shape index (κ1) is 16.2. The summed E-state index contributed by atoms with van der Waals surface area (Å²) in [6.45, 7) is 4.38. The predicted molar refractivity (Wildman–Crippen MR) is 84.8 cm³/mol. The Kier molecular flexibility index (Phi) is 6.10. The molecule has 5 nitrogen and oxygen atoms in total. The van der Waals surface area contributed by atoms with Crippen LogP contribution in [0.5, 0.6) is 0 Å². The summed E-state index contributed by atoms with van der Waals surface area (Å²) < 4.78 is 11.7. The molecule has 0 radical (unpaired) electrons. The number of amides is 1. The molecule has 5 heteroatoms. The average molecular weight is 310 g/mol. The number of rotatable bonds is 5. The van der Waals surface area contributed by atoms with E-state index in [0.29, 0.717) is 30.6 Å². The summed E-state index contributed by atoms with van der Waals surface area (Å²) in [4.78, 5) is 14.3. The Labute approximate surface area is 133 Å². The van der Waals surface area contributed by atoms with Gasteiger partial charge in [-0.1, -0.05) is 0 Å². The minimum Gasteiger partial charge on any atom is -0.376 e. The van der Waals surface area contributed by atoms with Crippen molar-refractivity contribution in [2.75, 3.05) is 32.8 Å². The summed E-state index contributed by atoms with van der Waals surface area (Å²) in [5.41, 5.74) is 0. The van der Waals surface area contributed by atoms with Gasteiger partial charge in [0.15, 0.2) is 0 Å². The highest BCUT2D eigenvalue weighted by atomic mass is 16.5. The molecule has 3 heterocycles. The maximum atomic E-state index is 12.3. The SMILES string of the molecule is O=C(CC1CCCN1)N1CCC(OCC2CCCCO2)CC1. The number of carbonyl (C=O) groups excluding carboxylic acids is 1. The first-order valence-corrected chi connectivity index (χ1v) is 9.05. The molecule has 3 fully saturated rings. The molecule has 22 heavy (non-hydrogen) atoms. The minimum atomic E-state index is 0.293. The van der Waals surface area contributed by atoms with E-state index in [1.807, 2.05) is 4.90 Å². The Bertz CT molecular complexity index is 344. The highest BCUT2D eigenvalue weighted by Crippen LogP contribution is 2.19. The Balaban J connectivity index is 1.32. The predicted octanol–water partition coefficient (Wildman–Crippen LogP) is 1.71. The zero-order valence-electron chi connectivity index (χ0n) is 13.6. The fourth-order valence-corrected chi connectivity index (χ4v) is 3.72. The van der Waals surface area contributed by atoms with Gasteiger partial charge in [0.1, 0.15) is 0 Å². The summed E-state index contributed by atoms with van der Waals surface area (Å²) >= 11 is 0. The molecule has 3 aliphatic heterocycles. The van der Waals surface area contributed by atoms with Gasteiger partial charge >= 0.3 is 0 Å². The smallest absolute Gasteiger partial charge is 0.224 e. The second-order valence-electron chi connectivity index (χ2n) is 6.90. The number of hydrogen-bond acceptors (Lipinski definition) is 4. The van der Waals surface area contributed by atoms with E-state index in [1.54, 1.807) is 0 Å². The molecule has 0 aromatic rings. The van der Waals surface area contributed by atoms with E-state index < -0.39 is 0 Å². The monoisotopic (exact) mass is 310 g/mol. The summed E-state index contributed by atoms with van der Waals surface area (Å²) in [5, 5.41) is 3.41. The van der Waals surface area contributed by atoms with Crippen LogP contribution in [0.15, 0.2) is 0 Å². The standard InChI is InChI=1S/C17H30N2O3/c20-17(12-14-4-3-8-18-14)19-9-6-15(7-10-19)22-13-16-5-1-2-11-21-16/h14-16,18H,1-13H2. The Morgan fingerprint density at radius 1 is 1.14 bits per heavy atom. The summed E-state index contributed by atoms with van der Waals surface area (Å²) in [7, 11) is 0. The van der Waals surface area contributed by atoms with Crippen LogP contribution >= 0.6 is 0 Å². The normalized spacial score (nSPS) is 30.6. The van der Waals surface area contributed by atoms with Gasteiger partial charge in [-0.3, -0.25) is 4.79 Å². The number of ether oxygens (including phenoxy) is 2. The van der Waals surface area contributed by atoms with E-state index in [0.717, 1.165) is 58.5 Å². The van der Waals surface area contributed by atoms with Gasteiger partial charge in [0.05, 0.1) is 18.8 Å². The van der Waals surface area contributed by atoms with Crippen molar-refractivity contribution in [2.45, 2.75) is 69.6 Å². The van der Waals surface area contributed by atoms with Crippen molar-refractivity contribution in [2.24, 2.45) is 0 Å². The number of likely N-dealkylation sites (tertiary alicyclic amines) is 1. The Morgan fingerprint density at radius 3 is 2.68 bits per heavy atom. The van der Waals surface area contributed by atoms with E-state index in [4.69, 9.17) is 9.47 Å². The summed E-state index contributed by atoms with van der Waals surface area (Å²) in [6.07, 6.45) is 9.13. The fourth-order valence-electron chi connectivity index (χ4n) is 3.72. The number of piperidine rings is 1. The molecule has 0 bridgehead atoms. The molecule has 0 aromatic heterocycles. The molecular weight excluding hydrogens is 280 g/mol. The third-order valence-corrected chi connectivity index (χ3v) is 5.17. The number of nitrogens with one attached hydrogen (secondary N) is 1. The molecule has 2 atom stereocenters. The van der Waals surface area contributed by atoms with Gasteiger partial charge in [0, 0.05) is 32.2 Å². The lowest BCUT2D eigenvalue weighted by atomic mass is 10.1. The van der Waals surface area contributed by atoms with Crippen LogP contribution in [0.1, 0.15) is 51.4 Å². The van der Waals surface area contributed by atoms with Gasteiger partial charge < -0.3 is 19.7 Å². The van der Waals surface area contributed by atoms with Crippen molar-refractivity contribution in [1.29, 1.82) is 0 Å². The van der Waals surface area contributed by atoms with Crippen molar-refractivity contribution in [3.63, 3.8) is 0 Å². The van der Waals surface area contributed by atoms with Gasteiger partial charge in [0.2, 0.25) is 5.91 Å². The lowest BCUT2D eigenvalue weighted by Gasteiger charge is -2.33. The van der Waals surface area contributed by atoms with Gasteiger partial charge in [-0.2, -0.15) is 0 Å². The van der Waals surface area contributed by atoms with E-state index >= 15 is 0 Å². The van der Waals surface area contributed by atoms with Crippen LogP contribution < -0.4 is 5.32 Å². The molecule has 0 aromatic carbocycles. The van der Waals surface area contributed by atoms with E-state index in [2.05, 4.69) is 5.32 Å².